The summed E-state index contributed by atoms with van der Waals surface area (Å²) in [6, 6.07) is 11.4. The van der Waals surface area contributed by atoms with Crippen LogP contribution in [0.15, 0.2) is 42.6 Å². The summed E-state index contributed by atoms with van der Waals surface area (Å²) >= 11 is 0. The topological polar surface area (TPSA) is 68.5 Å². The van der Waals surface area contributed by atoms with Crippen LogP contribution in [0.3, 0.4) is 0 Å². The lowest BCUT2D eigenvalue weighted by atomic mass is 9.91. The van der Waals surface area contributed by atoms with Crippen molar-refractivity contribution in [1.29, 1.82) is 0 Å². The number of nitrogens with zero attached hydrogens (tertiary/aromatic N) is 2. The maximum Gasteiger partial charge on any atom is 0.247 e. The zero-order valence-corrected chi connectivity index (χ0v) is 13.5. The van der Waals surface area contributed by atoms with E-state index in [4.69, 9.17) is 10.5 Å². The number of amides is 1. The normalized spacial score (nSPS) is 19.3. The Kier molecular flexibility index (Phi) is 4.05. The van der Waals surface area contributed by atoms with Gasteiger partial charge >= 0.3 is 0 Å². The van der Waals surface area contributed by atoms with Crippen LogP contribution in [0.2, 0.25) is 0 Å². The number of nitrogens with two attached hydrogens (primary N) is 1. The Morgan fingerprint density at radius 2 is 2.17 bits per heavy atom. The van der Waals surface area contributed by atoms with Crippen LogP contribution >= 0.6 is 0 Å². The molecule has 0 aliphatic heterocycles. The number of ether oxygens (including phenoxy) is 1. The van der Waals surface area contributed by atoms with Crippen molar-refractivity contribution >= 4 is 5.91 Å². The fourth-order valence-corrected chi connectivity index (χ4v) is 3.26. The number of fused-ring (bicyclic) bond motifs is 1. The molecule has 0 fully saturated rings. The average Bonchev–Trinajstić information content (AvgIpc) is 2.93. The van der Waals surface area contributed by atoms with Crippen molar-refractivity contribution in [3.8, 4) is 5.75 Å². The standard InChI is InChI=1S/C18H21N3O2/c1-21(12-13-6-3-4-11-20-13)17(22)18(19)10-9-14-15(18)7-5-8-16(14)23-2/h3-8,11H,9-10,12,19H2,1-2H3. The third kappa shape index (κ3) is 2.68. The van der Waals surface area contributed by atoms with Gasteiger partial charge in [0.2, 0.25) is 5.91 Å². The van der Waals surface area contributed by atoms with E-state index in [-0.39, 0.29) is 5.91 Å². The Bertz CT molecular complexity index is 717. The monoisotopic (exact) mass is 311 g/mol. The number of likely N-dealkylation sites (N-methyl/N-ethyl adjacent to an activating group) is 1. The molecular formula is C18H21N3O2. The number of carbonyl (C=O) groups excluding carboxylic acids is 1. The van der Waals surface area contributed by atoms with Gasteiger partial charge < -0.3 is 15.4 Å². The molecule has 2 aromatic rings. The third-order valence-corrected chi connectivity index (χ3v) is 4.46. The highest BCUT2D eigenvalue weighted by atomic mass is 16.5. The molecule has 5 nitrogen and oxygen atoms in total. The highest BCUT2D eigenvalue weighted by molar-refractivity contribution is 5.89. The molecular weight excluding hydrogens is 290 g/mol. The first-order valence-corrected chi connectivity index (χ1v) is 7.67. The first-order chi connectivity index (χ1) is 11.1. The molecule has 1 unspecified atom stereocenters. The van der Waals surface area contributed by atoms with Crippen molar-refractivity contribution in [3.05, 3.63) is 59.4 Å². The number of benzene rings is 1. The number of methoxy groups -OCH3 is 1. The van der Waals surface area contributed by atoms with Crippen LogP contribution in [-0.4, -0.2) is 29.9 Å². The Labute approximate surface area is 136 Å². The number of carbonyl (C=O) groups is 1. The van der Waals surface area contributed by atoms with Crippen molar-refractivity contribution in [2.75, 3.05) is 14.2 Å². The molecule has 1 aromatic heterocycles. The summed E-state index contributed by atoms with van der Waals surface area (Å²) in [6.07, 6.45) is 3.06. The first kappa shape index (κ1) is 15.5. The van der Waals surface area contributed by atoms with Crippen molar-refractivity contribution in [2.24, 2.45) is 5.73 Å². The fourth-order valence-electron chi connectivity index (χ4n) is 3.26. The van der Waals surface area contributed by atoms with E-state index in [9.17, 15) is 4.79 Å². The molecule has 23 heavy (non-hydrogen) atoms. The molecule has 1 aliphatic rings. The molecule has 1 aromatic carbocycles. The Hall–Kier alpha value is -2.40. The number of aromatic nitrogens is 1. The van der Waals surface area contributed by atoms with Crippen LogP contribution in [0.4, 0.5) is 0 Å². The summed E-state index contributed by atoms with van der Waals surface area (Å²) < 4.78 is 5.40. The van der Waals surface area contributed by atoms with Gasteiger partial charge in [0.15, 0.2) is 0 Å². The van der Waals surface area contributed by atoms with Gasteiger partial charge in [0, 0.05) is 13.2 Å². The van der Waals surface area contributed by atoms with E-state index in [0.717, 1.165) is 29.0 Å². The van der Waals surface area contributed by atoms with Crippen LogP contribution < -0.4 is 10.5 Å². The summed E-state index contributed by atoms with van der Waals surface area (Å²) in [5, 5.41) is 0. The first-order valence-electron chi connectivity index (χ1n) is 7.67. The van der Waals surface area contributed by atoms with Crippen LogP contribution in [-0.2, 0) is 23.3 Å². The molecule has 3 rings (SSSR count). The summed E-state index contributed by atoms with van der Waals surface area (Å²) in [7, 11) is 3.41. The highest BCUT2D eigenvalue weighted by Gasteiger charge is 2.44. The lowest BCUT2D eigenvalue weighted by Crippen LogP contribution is -2.50. The van der Waals surface area contributed by atoms with E-state index in [0.29, 0.717) is 13.0 Å². The van der Waals surface area contributed by atoms with Crippen LogP contribution in [0, 0.1) is 0 Å². The smallest absolute Gasteiger partial charge is 0.247 e. The van der Waals surface area contributed by atoms with E-state index in [1.807, 2.05) is 36.4 Å². The predicted molar refractivity (Wildman–Crippen MR) is 87.9 cm³/mol. The number of pyridine rings is 1. The van der Waals surface area contributed by atoms with Crippen molar-refractivity contribution in [2.45, 2.75) is 24.9 Å². The zero-order chi connectivity index (χ0) is 16.4. The van der Waals surface area contributed by atoms with E-state index in [1.54, 1.807) is 25.3 Å². The molecule has 0 saturated carbocycles. The minimum atomic E-state index is -0.993. The van der Waals surface area contributed by atoms with Crippen molar-refractivity contribution in [1.82, 2.24) is 9.88 Å². The molecule has 5 heteroatoms. The van der Waals surface area contributed by atoms with E-state index in [1.165, 1.54) is 0 Å². The molecule has 1 amide bonds. The lowest BCUT2D eigenvalue weighted by molar-refractivity contribution is -0.136. The number of hydrogen-bond donors (Lipinski definition) is 1. The zero-order valence-electron chi connectivity index (χ0n) is 13.5. The van der Waals surface area contributed by atoms with Gasteiger partial charge in [0.05, 0.1) is 19.3 Å². The van der Waals surface area contributed by atoms with Gasteiger partial charge in [0.25, 0.3) is 0 Å². The molecule has 0 bridgehead atoms. The van der Waals surface area contributed by atoms with Crippen LogP contribution in [0.5, 0.6) is 5.75 Å². The van der Waals surface area contributed by atoms with Gasteiger partial charge in [-0.1, -0.05) is 18.2 Å². The summed E-state index contributed by atoms with van der Waals surface area (Å²) in [5.41, 5.74) is 8.28. The van der Waals surface area contributed by atoms with E-state index in [2.05, 4.69) is 4.98 Å². The Morgan fingerprint density at radius 1 is 1.35 bits per heavy atom. The molecule has 120 valence electrons. The van der Waals surface area contributed by atoms with Crippen LogP contribution in [0.1, 0.15) is 23.2 Å². The van der Waals surface area contributed by atoms with Gasteiger partial charge in [-0.3, -0.25) is 9.78 Å². The van der Waals surface area contributed by atoms with Crippen molar-refractivity contribution < 1.29 is 9.53 Å². The highest BCUT2D eigenvalue weighted by Crippen LogP contribution is 2.40. The van der Waals surface area contributed by atoms with Gasteiger partial charge in [-0.15, -0.1) is 0 Å². The molecule has 1 heterocycles. The summed E-state index contributed by atoms with van der Waals surface area (Å²) in [6.45, 7) is 0.442. The number of hydrogen-bond acceptors (Lipinski definition) is 4. The Balaban J connectivity index is 1.86. The quantitative estimate of drug-likeness (QED) is 0.935. The fraction of sp³-hybridized carbons (Fsp3) is 0.333. The average molecular weight is 311 g/mol. The van der Waals surface area contributed by atoms with Gasteiger partial charge in [-0.05, 0) is 42.2 Å². The third-order valence-electron chi connectivity index (χ3n) is 4.46. The number of rotatable bonds is 4. The van der Waals surface area contributed by atoms with Gasteiger partial charge in [-0.25, -0.2) is 0 Å². The minimum absolute atomic E-state index is 0.0878. The molecule has 0 spiro atoms. The van der Waals surface area contributed by atoms with Gasteiger partial charge in [-0.2, -0.15) is 0 Å². The van der Waals surface area contributed by atoms with E-state index >= 15 is 0 Å². The van der Waals surface area contributed by atoms with E-state index < -0.39 is 5.54 Å². The second kappa shape index (κ2) is 6.01. The maximum absolute atomic E-state index is 13.0. The lowest BCUT2D eigenvalue weighted by Gasteiger charge is -2.29. The maximum atomic E-state index is 13.0. The van der Waals surface area contributed by atoms with Gasteiger partial charge in [0.1, 0.15) is 11.3 Å². The molecule has 0 saturated heterocycles. The summed E-state index contributed by atoms with van der Waals surface area (Å²) in [5.74, 6) is 0.713. The SMILES string of the molecule is COc1cccc2c1CCC2(N)C(=O)N(C)Cc1ccccn1. The molecule has 0 radical (unpaired) electrons. The summed E-state index contributed by atoms with van der Waals surface area (Å²) in [4.78, 5) is 18.9. The molecule has 1 aliphatic carbocycles. The largest absolute Gasteiger partial charge is 0.496 e. The Morgan fingerprint density at radius 3 is 2.87 bits per heavy atom. The second-order valence-corrected chi connectivity index (χ2v) is 5.94. The second-order valence-electron chi connectivity index (χ2n) is 5.94. The van der Waals surface area contributed by atoms with Crippen molar-refractivity contribution in [3.63, 3.8) is 0 Å². The molecule has 2 N–H and O–H groups in total. The minimum Gasteiger partial charge on any atom is -0.496 e. The molecule has 1 atom stereocenters. The predicted octanol–water partition coefficient (Wildman–Crippen LogP) is 1.85. The van der Waals surface area contributed by atoms with Crippen LogP contribution in [0.25, 0.3) is 0 Å².